The number of hydrogen-bond acceptors (Lipinski definition) is 2. The van der Waals surface area contributed by atoms with E-state index in [1.54, 1.807) is 0 Å². The lowest BCUT2D eigenvalue weighted by Gasteiger charge is -2.24. The van der Waals surface area contributed by atoms with Gasteiger partial charge in [0, 0.05) is 6.04 Å². The summed E-state index contributed by atoms with van der Waals surface area (Å²) in [5.74, 6) is -0.357. The molecule has 76 valence electrons. The zero-order valence-corrected chi connectivity index (χ0v) is 8.28. The van der Waals surface area contributed by atoms with Gasteiger partial charge in [0.2, 0.25) is 6.41 Å². The second-order valence-electron chi connectivity index (χ2n) is 3.59. The molecular formula is C9H17NO3. The molecule has 0 spiro atoms. The average molecular weight is 187 g/mol. The van der Waals surface area contributed by atoms with Crippen LogP contribution in [0.3, 0.4) is 0 Å². The van der Waals surface area contributed by atoms with Crippen LogP contribution in [0.1, 0.15) is 27.2 Å². The van der Waals surface area contributed by atoms with E-state index in [-0.39, 0.29) is 18.4 Å². The van der Waals surface area contributed by atoms with Gasteiger partial charge in [-0.1, -0.05) is 20.8 Å². The molecule has 0 radical (unpaired) electrons. The molecule has 4 nitrogen and oxygen atoms in total. The highest BCUT2D eigenvalue weighted by Crippen LogP contribution is 2.16. The molecule has 2 N–H and O–H groups in total. The van der Waals surface area contributed by atoms with Gasteiger partial charge in [0.1, 0.15) is 0 Å². The molecule has 13 heavy (non-hydrogen) atoms. The molecule has 0 fully saturated rings. The quantitative estimate of drug-likeness (QED) is 0.606. The van der Waals surface area contributed by atoms with E-state index >= 15 is 0 Å². The smallest absolute Gasteiger partial charge is 0.305 e. The van der Waals surface area contributed by atoms with Crippen LogP contribution in [0.5, 0.6) is 0 Å². The summed E-state index contributed by atoms with van der Waals surface area (Å²) >= 11 is 0. The minimum atomic E-state index is -0.883. The first-order valence-corrected chi connectivity index (χ1v) is 4.40. The summed E-state index contributed by atoms with van der Waals surface area (Å²) in [4.78, 5) is 20.7. The number of rotatable bonds is 6. The summed E-state index contributed by atoms with van der Waals surface area (Å²) < 4.78 is 0. The van der Waals surface area contributed by atoms with Gasteiger partial charge in [-0.05, 0) is 11.8 Å². The fourth-order valence-corrected chi connectivity index (χ4v) is 1.14. The van der Waals surface area contributed by atoms with Gasteiger partial charge in [0.15, 0.2) is 0 Å². The van der Waals surface area contributed by atoms with Crippen LogP contribution in [0, 0.1) is 11.8 Å². The predicted octanol–water partition coefficient (Wildman–Crippen LogP) is 0.868. The maximum Gasteiger partial charge on any atom is 0.305 e. The van der Waals surface area contributed by atoms with Gasteiger partial charge in [0.05, 0.1) is 6.42 Å². The minimum Gasteiger partial charge on any atom is -0.481 e. The summed E-state index contributed by atoms with van der Waals surface area (Å²) in [6, 6.07) is -0.269. The molecule has 0 saturated heterocycles. The Morgan fingerprint density at radius 3 is 2.31 bits per heavy atom. The van der Waals surface area contributed by atoms with Crippen LogP contribution in [-0.4, -0.2) is 23.5 Å². The molecule has 1 amide bonds. The molecule has 0 aliphatic rings. The van der Waals surface area contributed by atoms with Crippen molar-refractivity contribution in [3.8, 4) is 0 Å². The zero-order chi connectivity index (χ0) is 10.4. The van der Waals surface area contributed by atoms with Crippen LogP contribution in [0.2, 0.25) is 0 Å². The first-order valence-electron chi connectivity index (χ1n) is 4.40. The Morgan fingerprint density at radius 2 is 2.00 bits per heavy atom. The Labute approximate surface area is 78.3 Å². The molecule has 2 unspecified atom stereocenters. The Bertz CT molecular complexity index is 180. The van der Waals surface area contributed by atoms with E-state index in [9.17, 15) is 9.59 Å². The molecule has 0 aromatic rings. The third kappa shape index (κ3) is 4.50. The van der Waals surface area contributed by atoms with E-state index in [0.717, 1.165) is 0 Å². The van der Waals surface area contributed by atoms with Crippen LogP contribution in [-0.2, 0) is 9.59 Å². The topological polar surface area (TPSA) is 66.4 Å². The van der Waals surface area contributed by atoms with Gasteiger partial charge in [0.25, 0.3) is 0 Å². The van der Waals surface area contributed by atoms with E-state index in [2.05, 4.69) is 5.32 Å². The minimum absolute atomic E-state index is 0.0158. The summed E-state index contributed by atoms with van der Waals surface area (Å²) in [6.07, 6.45) is 0.546. The Morgan fingerprint density at radius 1 is 1.46 bits per heavy atom. The van der Waals surface area contributed by atoms with E-state index in [1.165, 1.54) is 0 Å². The molecular weight excluding hydrogens is 170 g/mol. The molecule has 0 heterocycles. The van der Waals surface area contributed by atoms with Crippen molar-refractivity contribution in [2.45, 2.75) is 33.2 Å². The molecule has 0 aliphatic carbocycles. The fourth-order valence-electron chi connectivity index (χ4n) is 1.14. The van der Waals surface area contributed by atoms with E-state index in [1.807, 2.05) is 20.8 Å². The SMILES string of the molecule is CC(C)C(C)C(CC(=O)O)NC=O. The van der Waals surface area contributed by atoms with E-state index in [0.29, 0.717) is 12.3 Å². The fraction of sp³-hybridized carbons (Fsp3) is 0.778. The third-order valence-corrected chi connectivity index (χ3v) is 2.36. The van der Waals surface area contributed by atoms with Gasteiger partial charge >= 0.3 is 5.97 Å². The molecule has 0 saturated carbocycles. The van der Waals surface area contributed by atoms with E-state index < -0.39 is 5.97 Å². The van der Waals surface area contributed by atoms with Crippen molar-refractivity contribution in [2.24, 2.45) is 11.8 Å². The first kappa shape index (κ1) is 11.9. The van der Waals surface area contributed by atoms with Crippen LogP contribution >= 0.6 is 0 Å². The van der Waals surface area contributed by atoms with Gasteiger partial charge < -0.3 is 10.4 Å². The molecule has 0 bridgehead atoms. The maximum atomic E-state index is 10.5. The maximum absolute atomic E-state index is 10.5. The average Bonchev–Trinajstić information content (AvgIpc) is 2.01. The lowest BCUT2D eigenvalue weighted by atomic mass is 9.88. The Balaban J connectivity index is 4.21. The lowest BCUT2D eigenvalue weighted by molar-refractivity contribution is -0.138. The van der Waals surface area contributed by atoms with Crippen LogP contribution in [0.4, 0.5) is 0 Å². The van der Waals surface area contributed by atoms with Crippen molar-refractivity contribution in [2.75, 3.05) is 0 Å². The van der Waals surface area contributed by atoms with Crippen molar-refractivity contribution in [1.82, 2.24) is 5.32 Å². The molecule has 0 aromatic heterocycles. The molecule has 2 atom stereocenters. The third-order valence-electron chi connectivity index (χ3n) is 2.36. The monoisotopic (exact) mass is 187 g/mol. The van der Waals surface area contributed by atoms with Crippen LogP contribution < -0.4 is 5.32 Å². The van der Waals surface area contributed by atoms with Gasteiger partial charge in [-0.25, -0.2) is 0 Å². The van der Waals surface area contributed by atoms with Gasteiger partial charge in [-0.3, -0.25) is 9.59 Å². The molecule has 0 aliphatic heterocycles. The van der Waals surface area contributed by atoms with Crippen molar-refractivity contribution in [3.63, 3.8) is 0 Å². The number of carbonyl (C=O) groups excluding carboxylic acids is 1. The Kier molecular flexibility index (Phi) is 5.11. The van der Waals surface area contributed by atoms with Crippen LogP contribution in [0.25, 0.3) is 0 Å². The number of carboxylic acid groups (broad SMARTS) is 1. The highest BCUT2D eigenvalue weighted by molar-refractivity contribution is 5.68. The number of aliphatic carboxylic acids is 1. The first-order chi connectivity index (χ1) is 5.99. The van der Waals surface area contributed by atoms with Crippen molar-refractivity contribution in [1.29, 1.82) is 0 Å². The summed E-state index contributed by atoms with van der Waals surface area (Å²) in [5.41, 5.74) is 0. The second kappa shape index (κ2) is 5.56. The normalized spacial score (nSPS) is 15.1. The van der Waals surface area contributed by atoms with E-state index in [4.69, 9.17) is 5.11 Å². The summed E-state index contributed by atoms with van der Waals surface area (Å²) in [5, 5.41) is 11.1. The van der Waals surface area contributed by atoms with Crippen molar-refractivity contribution < 1.29 is 14.7 Å². The number of carbonyl (C=O) groups is 2. The van der Waals surface area contributed by atoms with Crippen molar-refractivity contribution >= 4 is 12.4 Å². The van der Waals surface area contributed by atoms with Gasteiger partial charge in [-0.2, -0.15) is 0 Å². The highest BCUT2D eigenvalue weighted by atomic mass is 16.4. The van der Waals surface area contributed by atoms with Crippen molar-refractivity contribution in [3.05, 3.63) is 0 Å². The summed E-state index contributed by atoms with van der Waals surface area (Å²) in [7, 11) is 0. The predicted molar refractivity (Wildman–Crippen MR) is 49.2 cm³/mol. The van der Waals surface area contributed by atoms with Crippen LogP contribution in [0.15, 0.2) is 0 Å². The molecule has 0 rings (SSSR count). The standard InChI is InChI=1S/C9H17NO3/c1-6(2)7(3)8(10-5-11)4-9(12)13/h5-8H,4H2,1-3H3,(H,10,11)(H,12,13). The van der Waals surface area contributed by atoms with Gasteiger partial charge in [-0.15, -0.1) is 0 Å². The molecule has 0 aromatic carbocycles. The Hall–Kier alpha value is -1.06. The second-order valence-corrected chi connectivity index (χ2v) is 3.59. The number of nitrogens with one attached hydrogen (secondary N) is 1. The molecule has 4 heteroatoms. The summed E-state index contributed by atoms with van der Waals surface area (Å²) in [6.45, 7) is 5.95. The lowest BCUT2D eigenvalue weighted by Crippen LogP contribution is -2.38. The largest absolute Gasteiger partial charge is 0.481 e. The number of amides is 1. The zero-order valence-electron chi connectivity index (χ0n) is 8.28. The number of carboxylic acids is 1. The number of hydrogen-bond donors (Lipinski definition) is 2. The highest BCUT2D eigenvalue weighted by Gasteiger charge is 2.21.